The van der Waals surface area contributed by atoms with E-state index in [-0.39, 0.29) is 16.7 Å². The fraction of sp³-hybridized carbons (Fsp3) is 0.429. The molecule has 0 saturated carbocycles. The van der Waals surface area contributed by atoms with Gasteiger partial charge in [-0.2, -0.15) is 0 Å². The van der Waals surface area contributed by atoms with E-state index in [2.05, 4.69) is 28.9 Å². The molecule has 0 aliphatic carbocycles. The highest BCUT2D eigenvalue weighted by Gasteiger charge is 2.17. The number of sulfonamides is 1. The molecule has 0 saturated heterocycles. The van der Waals surface area contributed by atoms with E-state index in [0.717, 1.165) is 26.9 Å². The highest BCUT2D eigenvalue weighted by atomic mass is 32.2. The van der Waals surface area contributed by atoms with E-state index in [9.17, 15) is 13.2 Å². The smallest absolute Gasteiger partial charge is 0.250 e. The Hall–Kier alpha value is -1.29. The summed E-state index contributed by atoms with van der Waals surface area (Å²) in [5.74, 6) is -0.0233. The number of thiazole rings is 1. The third-order valence-electron chi connectivity index (χ3n) is 3.03. The first-order valence-electron chi connectivity index (χ1n) is 7.05. The minimum atomic E-state index is -3.61. The Labute approximate surface area is 144 Å². The maximum absolute atomic E-state index is 11.9. The van der Waals surface area contributed by atoms with Gasteiger partial charge < -0.3 is 5.32 Å². The first-order valence-corrected chi connectivity index (χ1v) is 10.2. The average molecular weight is 374 g/mol. The lowest BCUT2D eigenvalue weighted by Gasteiger charge is -2.06. The maximum Gasteiger partial charge on any atom is 0.250 e. The highest BCUT2D eigenvalue weighted by Crippen LogP contribution is 2.24. The maximum atomic E-state index is 11.9. The van der Waals surface area contributed by atoms with Crippen molar-refractivity contribution in [3.05, 3.63) is 33.1 Å². The molecule has 126 valence electrons. The Bertz CT molecular complexity index is 765. The molecule has 0 spiro atoms. The van der Waals surface area contributed by atoms with Crippen LogP contribution in [0.3, 0.4) is 0 Å². The molecule has 2 rings (SSSR count). The fourth-order valence-electron chi connectivity index (χ4n) is 1.75. The van der Waals surface area contributed by atoms with E-state index in [1.165, 1.54) is 6.07 Å². The van der Waals surface area contributed by atoms with Crippen LogP contribution in [0, 0.1) is 6.92 Å². The van der Waals surface area contributed by atoms with E-state index in [4.69, 9.17) is 0 Å². The van der Waals surface area contributed by atoms with Crippen LogP contribution in [-0.4, -0.2) is 25.9 Å². The zero-order valence-corrected chi connectivity index (χ0v) is 15.6. The predicted molar refractivity (Wildman–Crippen MR) is 92.3 cm³/mol. The van der Waals surface area contributed by atoms with Gasteiger partial charge in [-0.15, -0.1) is 22.7 Å². The zero-order valence-electron chi connectivity index (χ0n) is 13.1. The molecule has 23 heavy (non-hydrogen) atoms. The van der Waals surface area contributed by atoms with E-state index in [1.54, 1.807) is 22.8 Å². The summed E-state index contributed by atoms with van der Waals surface area (Å²) in [6.45, 7) is 6.12. The van der Waals surface area contributed by atoms with Gasteiger partial charge in [0.1, 0.15) is 4.21 Å². The minimum absolute atomic E-state index is 0.199. The van der Waals surface area contributed by atoms with Gasteiger partial charge in [0.25, 0.3) is 10.0 Å². The molecular formula is C14H19N3O3S3. The molecule has 2 aromatic rings. The largest absolute Gasteiger partial charge is 0.350 e. The summed E-state index contributed by atoms with van der Waals surface area (Å²) in [5.41, 5.74) is 0.901. The number of rotatable bonds is 7. The molecule has 2 heterocycles. The van der Waals surface area contributed by atoms with Crippen LogP contribution in [0.1, 0.15) is 35.3 Å². The molecule has 2 N–H and O–H groups in total. The number of carbonyl (C=O) groups excluding carboxylic acids is 1. The summed E-state index contributed by atoms with van der Waals surface area (Å²) in [5, 5.41) is 5.42. The van der Waals surface area contributed by atoms with Gasteiger partial charge in [0.15, 0.2) is 0 Å². The summed E-state index contributed by atoms with van der Waals surface area (Å²) in [6.07, 6.45) is 0. The summed E-state index contributed by atoms with van der Waals surface area (Å²) < 4.78 is 26.3. The average Bonchev–Trinajstić information content (AvgIpc) is 3.13. The molecule has 0 bridgehead atoms. The van der Waals surface area contributed by atoms with Crippen LogP contribution in [0.15, 0.2) is 21.7 Å². The number of amides is 1. The van der Waals surface area contributed by atoms with Crippen molar-refractivity contribution in [2.45, 2.75) is 37.4 Å². The van der Waals surface area contributed by atoms with Crippen molar-refractivity contribution in [1.29, 1.82) is 0 Å². The first-order chi connectivity index (χ1) is 10.8. The molecule has 0 unspecified atom stereocenters. The van der Waals surface area contributed by atoms with E-state index >= 15 is 0 Å². The number of thiophene rings is 1. The molecule has 1 amide bonds. The van der Waals surface area contributed by atoms with Crippen LogP contribution in [0.5, 0.6) is 0 Å². The van der Waals surface area contributed by atoms with Crippen molar-refractivity contribution in [3.63, 3.8) is 0 Å². The van der Waals surface area contributed by atoms with Crippen molar-refractivity contribution < 1.29 is 13.2 Å². The number of hydrogen-bond donors (Lipinski definition) is 2. The Morgan fingerprint density at radius 2 is 2.13 bits per heavy atom. The SMILES string of the molecule is Cc1nc(C(C)C)sc1CNC(=O)CNS(=O)(=O)c1cccs1. The number of carbonyl (C=O) groups is 1. The Morgan fingerprint density at radius 3 is 2.70 bits per heavy atom. The van der Waals surface area contributed by atoms with Crippen LogP contribution < -0.4 is 10.0 Å². The van der Waals surface area contributed by atoms with Crippen molar-refractivity contribution >= 4 is 38.6 Å². The number of aromatic nitrogens is 1. The molecule has 0 aromatic carbocycles. The normalized spacial score (nSPS) is 11.8. The lowest BCUT2D eigenvalue weighted by Crippen LogP contribution is -2.36. The van der Waals surface area contributed by atoms with Gasteiger partial charge in [0.2, 0.25) is 5.91 Å². The molecule has 0 radical (unpaired) electrons. The second-order valence-electron chi connectivity index (χ2n) is 5.25. The van der Waals surface area contributed by atoms with Crippen LogP contribution in [0.25, 0.3) is 0 Å². The van der Waals surface area contributed by atoms with Crippen LogP contribution in [0.2, 0.25) is 0 Å². The Kier molecular flexibility index (Phi) is 5.90. The standard InChI is InChI=1S/C14H19N3O3S3/c1-9(2)14-17-10(3)11(22-14)7-15-12(18)8-16-23(19,20)13-5-4-6-21-13/h4-6,9,16H,7-8H2,1-3H3,(H,15,18). The molecule has 0 atom stereocenters. The first kappa shape index (κ1) is 18.1. The topological polar surface area (TPSA) is 88.2 Å². The number of nitrogens with one attached hydrogen (secondary N) is 2. The lowest BCUT2D eigenvalue weighted by molar-refractivity contribution is -0.120. The molecular weight excluding hydrogens is 354 g/mol. The summed E-state index contributed by atoms with van der Waals surface area (Å²) in [7, 11) is -3.61. The van der Waals surface area contributed by atoms with Crippen molar-refractivity contribution in [3.8, 4) is 0 Å². The molecule has 2 aromatic heterocycles. The quantitative estimate of drug-likeness (QED) is 0.779. The number of hydrogen-bond acceptors (Lipinski definition) is 6. The van der Waals surface area contributed by atoms with Gasteiger partial charge in [-0.25, -0.2) is 18.1 Å². The second-order valence-corrected chi connectivity index (χ2v) is 9.31. The second kappa shape index (κ2) is 7.52. The Morgan fingerprint density at radius 1 is 1.39 bits per heavy atom. The summed E-state index contributed by atoms with van der Waals surface area (Å²) in [6, 6.07) is 3.15. The van der Waals surface area contributed by atoms with Crippen LogP contribution >= 0.6 is 22.7 Å². The monoisotopic (exact) mass is 373 g/mol. The number of nitrogens with zero attached hydrogens (tertiary/aromatic N) is 1. The van der Waals surface area contributed by atoms with E-state index < -0.39 is 10.0 Å². The molecule has 0 fully saturated rings. The summed E-state index contributed by atoms with van der Waals surface area (Å²) in [4.78, 5) is 17.3. The molecule has 0 aliphatic rings. The van der Waals surface area contributed by atoms with Crippen molar-refractivity contribution in [2.75, 3.05) is 6.54 Å². The van der Waals surface area contributed by atoms with Gasteiger partial charge in [-0.3, -0.25) is 4.79 Å². The van der Waals surface area contributed by atoms with Crippen molar-refractivity contribution in [1.82, 2.24) is 15.0 Å². The highest BCUT2D eigenvalue weighted by molar-refractivity contribution is 7.91. The van der Waals surface area contributed by atoms with Gasteiger partial charge >= 0.3 is 0 Å². The van der Waals surface area contributed by atoms with E-state index in [0.29, 0.717) is 12.5 Å². The summed E-state index contributed by atoms with van der Waals surface area (Å²) >= 11 is 2.68. The van der Waals surface area contributed by atoms with Crippen LogP contribution in [-0.2, 0) is 21.4 Å². The Balaban J connectivity index is 1.86. The van der Waals surface area contributed by atoms with Gasteiger partial charge in [-0.05, 0) is 18.4 Å². The lowest BCUT2D eigenvalue weighted by atomic mass is 10.2. The molecule has 6 nitrogen and oxygen atoms in total. The van der Waals surface area contributed by atoms with Gasteiger partial charge in [-0.1, -0.05) is 19.9 Å². The van der Waals surface area contributed by atoms with Gasteiger partial charge in [0, 0.05) is 10.8 Å². The fourth-order valence-corrected chi connectivity index (χ4v) is 4.78. The van der Waals surface area contributed by atoms with E-state index in [1.807, 2.05) is 6.92 Å². The number of aryl methyl sites for hydroxylation is 1. The molecule has 0 aliphatic heterocycles. The third-order valence-corrected chi connectivity index (χ3v) is 7.29. The minimum Gasteiger partial charge on any atom is -0.350 e. The van der Waals surface area contributed by atoms with Crippen LogP contribution in [0.4, 0.5) is 0 Å². The molecule has 9 heteroatoms. The van der Waals surface area contributed by atoms with Gasteiger partial charge in [0.05, 0.1) is 23.8 Å². The van der Waals surface area contributed by atoms with Crippen molar-refractivity contribution in [2.24, 2.45) is 0 Å². The zero-order chi connectivity index (χ0) is 17.0. The third kappa shape index (κ3) is 4.84. The predicted octanol–water partition coefficient (Wildman–Crippen LogP) is 2.23.